The van der Waals surface area contributed by atoms with E-state index in [2.05, 4.69) is 22.8 Å². The Morgan fingerprint density at radius 3 is 2.32 bits per heavy atom. The standard InChI is InChI=1S/C17H26N2O3/c1-17(2,3)22-16(21)19-13-12-18-15(20)11-7-10-14-8-5-4-6-9-14/h4-6,8-9H,7,10-13H2,1-3H3,(H,18,20)(H,19,21). The van der Waals surface area contributed by atoms with Gasteiger partial charge in [-0.2, -0.15) is 0 Å². The summed E-state index contributed by atoms with van der Waals surface area (Å²) in [5.74, 6) is 0.00178. The van der Waals surface area contributed by atoms with Gasteiger partial charge in [0.05, 0.1) is 0 Å². The molecule has 0 aliphatic rings. The molecule has 1 rings (SSSR count). The van der Waals surface area contributed by atoms with E-state index in [4.69, 9.17) is 4.74 Å². The minimum atomic E-state index is -0.509. The fraction of sp³-hybridized carbons (Fsp3) is 0.529. The van der Waals surface area contributed by atoms with Crippen molar-refractivity contribution >= 4 is 12.0 Å². The van der Waals surface area contributed by atoms with Crippen LogP contribution in [0.4, 0.5) is 4.79 Å². The van der Waals surface area contributed by atoms with Gasteiger partial charge in [0.1, 0.15) is 5.60 Å². The van der Waals surface area contributed by atoms with E-state index >= 15 is 0 Å². The third kappa shape index (κ3) is 9.00. The maximum atomic E-state index is 11.7. The lowest BCUT2D eigenvalue weighted by Gasteiger charge is -2.19. The molecule has 0 heterocycles. The Morgan fingerprint density at radius 2 is 1.68 bits per heavy atom. The second-order valence-corrected chi connectivity index (χ2v) is 6.12. The third-order valence-electron chi connectivity index (χ3n) is 2.83. The number of aryl methyl sites for hydroxylation is 1. The van der Waals surface area contributed by atoms with Gasteiger partial charge in [0.2, 0.25) is 5.91 Å². The first kappa shape index (κ1) is 18.0. The first-order valence-corrected chi connectivity index (χ1v) is 7.64. The highest BCUT2D eigenvalue weighted by molar-refractivity contribution is 5.76. The van der Waals surface area contributed by atoms with Crippen molar-refractivity contribution in [1.82, 2.24) is 10.6 Å². The van der Waals surface area contributed by atoms with E-state index in [9.17, 15) is 9.59 Å². The summed E-state index contributed by atoms with van der Waals surface area (Å²) in [6, 6.07) is 10.1. The van der Waals surface area contributed by atoms with E-state index in [0.29, 0.717) is 19.5 Å². The average Bonchev–Trinajstić information content (AvgIpc) is 2.43. The number of benzene rings is 1. The predicted octanol–water partition coefficient (Wildman–Crippen LogP) is 2.65. The van der Waals surface area contributed by atoms with Gasteiger partial charge in [-0.05, 0) is 39.2 Å². The van der Waals surface area contributed by atoms with Gasteiger partial charge < -0.3 is 15.4 Å². The molecule has 0 aromatic heterocycles. The largest absolute Gasteiger partial charge is 0.444 e. The smallest absolute Gasteiger partial charge is 0.407 e. The lowest BCUT2D eigenvalue weighted by Crippen LogP contribution is -2.37. The maximum absolute atomic E-state index is 11.7. The van der Waals surface area contributed by atoms with Crippen molar-refractivity contribution in [3.63, 3.8) is 0 Å². The first-order chi connectivity index (χ1) is 10.4. The molecule has 0 aliphatic heterocycles. The van der Waals surface area contributed by atoms with Crippen LogP contribution in [0.25, 0.3) is 0 Å². The molecule has 1 aromatic rings. The van der Waals surface area contributed by atoms with Gasteiger partial charge in [0.15, 0.2) is 0 Å². The van der Waals surface area contributed by atoms with Crippen LogP contribution in [-0.2, 0) is 16.0 Å². The zero-order valence-corrected chi connectivity index (χ0v) is 13.6. The van der Waals surface area contributed by atoms with E-state index in [0.717, 1.165) is 12.8 Å². The van der Waals surface area contributed by atoms with Crippen LogP contribution in [0.15, 0.2) is 30.3 Å². The quantitative estimate of drug-likeness (QED) is 0.761. The molecule has 0 bridgehead atoms. The SMILES string of the molecule is CC(C)(C)OC(=O)NCCNC(=O)CCCc1ccccc1. The molecule has 0 spiro atoms. The molecule has 1 aromatic carbocycles. The molecule has 22 heavy (non-hydrogen) atoms. The van der Waals surface area contributed by atoms with Gasteiger partial charge >= 0.3 is 6.09 Å². The molecule has 5 nitrogen and oxygen atoms in total. The summed E-state index contributed by atoms with van der Waals surface area (Å²) in [4.78, 5) is 23.0. The Balaban J connectivity index is 2.05. The molecule has 0 saturated heterocycles. The molecule has 0 saturated carbocycles. The van der Waals surface area contributed by atoms with Crippen molar-refractivity contribution in [3.8, 4) is 0 Å². The van der Waals surface area contributed by atoms with Crippen molar-refractivity contribution in [1.29, 1.82) is 0 Å². The molecule has 5 heteroatoms. The Bertz CT molecular complexity index is 467. The highest BCUT2D eigenvalue weighted by Crippen LogP contribution is 2.06. The molecule has 0 fully saturated rings. The topological polar surface area (TPSA) is 67.4 Å². The number of carbonyl (C=O) groups excluding carboxylic acids is 2. The summed E-state index contributed by atoms with van der Waals surface area (Å²) in [7, 11) is 0. The third-order valence-corrected chi connectivity index (χ3v) is 2.83. The Hall–Kier alpha value is -2.04. The van der Waals surface area contributed by atoms with E-state index in [1.165, 1.54) is 5.56 Å². The lowest BCUT2D eigenvalue weighted by molar-refractivity contribution is -0.121. The van der Waals surface area contributed by atoms with Gasteiger partial charge in [-0.1, -0.05) is 30.3 Å². The van der Waals surface area contributed by atoms with Crippen molar-refractivity contribution < 1.29 is 14.3 Å². The lowest BCUT2D eigenvalue weighted by atomic mass is 10.1. The minimum Gasteiger partial charge on any atom is -0.444 e. The number of alkyl carbamates (subject to hydrolysis) is 1. The van der Waals surface area contributed by atoms with Crippen LogP contribution < -0.4 is 10.6 Å². The van der Waals surface area contributed by atoms with E-state index in [1.54, 1.807) is 20.8 Å². The van der Waals surface area contributed by atoms with Crippen molar-refractivity contribution in [3.05, 3.63) is 35.9 Å². The van der Waals surface area contributed by atoms with Gasteiger partial charge in [-0.3, -0.25) is 4.79 Å². The normalized spacial score (nSPS) is 10.9. The van der Waals surface area contributed by atoms with Crippen LogP contribution in [0.1, 0.15) is 39.2 Å². The number of ether oxygens (including phenoxy) is 1. The van der Waals surface area contributed by atoms with E-state index in [-0.39, 0.29) is 5.91 Å². The Morgan fingerprint density at radius 1 is 1.05 bits per heavy atom. The van der Waals surface area contributed by atoms with Crippen molar-refractivity contribution in [2.45, 2.75) is 45.6 Å². The van der Waals surface area contributed by atoms with Crippen LogP contribution >= 0.6 is 0 Å². The van der Waals surface area contributed by atoms with Gasteiger partial charge in [0, 0.05) is 19.5 Å². The molecule has 122 valence electrons. The minimum absolute atomic E-state index is 0.00178. The molecule has 0 unspecified atom stereocenters. The van der Waals surface area contributed by atoms with Crippen LogP contribution in [-0.4, -0.2) is 30.7 Å². The second kappa shape index (κ2) is 9.07. The monoisotopic (exact) mass is 306 g/mol. The number of hydrogen-bond donors (Lipinski definition) is 2. The predicted molar refractivity (Wildman–Crippen MR) is 86.6 cm³/mol. The summed E-state index contributed by atoms with van der Waals surface area (Å²) in [6.07, 6.45) is 1.73. The highest BCUT2D eigenvalue weighted by Gasteiger charge is 2.15. The number of nitrogens with one attached hydrogen (secondary N) is 2. The summed E-state index contributed by atoms with van der Waals surface area (Å²) in [5.41, 5.74) is 0.729. The number of rotatable bonds is 7. The molecule has 0 atom stereocenters. The molecule has 2 amide bonds. The van der Waals surface area contributed by atoms with Gasteiger partial charge in [-0.25, -0.2) is 4.79 Å². The van der Waals surface area contributed by atoms with Crippen LogP contribution in [0.3, 0.4) is 0 Å². The van der Waals surface area contributed by atoms with Crippen molar-refractivity contribution in [2.75, 3.05) is 13.1 Å². The molecule has 2 N–H and O–H groups in total. The molecular formula is C17H26N2O3. The molecule has 0 aliphatic carbocycles. The Kier molecular flexibility index (Phi) is 7.43. The van der Waals surface area contributed by atoms with E-state index < -0.39 is 11.7 Å². The summed E-state index contributed by atoms with van der Waals surface area (Å²) >= 11 is 0. The van der Waals surface area contributed by atoms with Crippen LogP contribution in [0.2, 0.25) is 0 Å². The zero-order valence-electron chi connectivity index (χ0n) is 13.6. The molecular weight excluding hydrogens is 280 g/mol. The summed E-state index contributed by atoms with van der Waals surface area (Å²) in [5, 5.41) is 5.38. The van der Waals surface area contributed by atoms with E-state index in [1.807, 2.05) is 18.2 Å². The van der Waals surface area contributed by atoms with Gasteiger partial charge in [0.25, 0.3) is 0 Å². The fourth-order valence-electron chi connectivity index (χ4n) is 1.87. The number of amides is 2. The molecule has 0 radical (unpaired) electrons. The van der Waals surface area contributed by atoms with Crippen molar-refractivity contribution in [2.24, 2.45) is 0 Å². The second-order valence-electron chi connectivity index (χ2n) is 6.12. The maximum Gasteiger partial charge on any atom is 0.407 e. The Labute approximate surface area is 132 Å². The van der Waals surface area contributed by atoms with Crippen LogP contribution in [0.5, 0.6) is 0 Å². The first-order valence-electron chi connectivity index (χ1n) is 7.64. The van der Waals surface area contributed by atoms with Gasteiger partial charge in [-0.15, -0.1) is 0 Å². The number of hydrogen-bond acceptors (Lipinski definition) is 3. The zero-order chi connectivity index (χ0) is 16.4. The fourth-order valence-corrected chi connectivity index (χ4v) is 1.87. The summed E-state index contributed by atoms with van der Waals surface area (Å²) < 4.78 is 5.10. The van der Waals surface area contributed by atoms with Crippen LogP contribution in [0, 0.1) is 0 Å². The highest BCUT2D eigenvalue weighted by atomic mass is 16.6. The average molecular weight is 306 g/mol. The number of carbonyl (C=O) groups is 2. The summed E-state index contributed by atoms with van der Waals surface area (Å²) in [6.45, 7) is 6.19.